The lowest BCUT2D eigenvalue weighted by atomic mass is 9.69. The first-order valence-electron chi connectivity index (χ1n) is 12.0. The summed E-state index contributed by atoms with van der Waals surface area (Å²) in [5.41, 5.74) is 3.79. The summed E-state index contributed by atoms with van der Waals surface area (Å²) in [6.45, 7) is 2.39. The molecule has 2 aromatic carbocycles. The highest BCUT2D eigenvalue weighted by Gasteiger charge is 2.45. The molecule has 8 heteroatoms. The molecule has 0 radical (unpaired) electrons. The summed E-state index contributed by atoms with van der Waals surface area (Å²) in [6.07, 6.45) is 0.948. The first-order chi connectivity index (χ1) is 17.5. The molecule has 1 unspecified atom stereocenters. The maximum absolute atomic E-state index is 13.7. The van der Waals surface area contributed by atoms with Crippen molar-refractivity contribution in [2.75, 3.05) is 34.2 Å². The van der Waals surface area contributed by atoms with Crippen LogP contribution in [-0.2, 0) is 19.1 Å². The minimum atomic E-state index is -0.720. The number of ether oxygens (including phenoxy) is 5. The van der Waals surface area contributed by atoms with E-state index in [0.717, 1.165) is 22.6 Å². The third kappa shape index (κ3) is 4.48. The fourth-order valence-electron chi connectivity index (χ4n) is 5.26. The van der Waals surface area contributed by atoms with Crippen molar-refractivity contribution >= 4 is 17.5 Å². The van der Waals surface area contributed by atoms with Crippen LogP contribution in [0, 0.1) is 5.92 Å². The predicted molar refractivity (Wildman–Crippen MR) is 132 cm³/mol. The number of carbonyl (C=O) groups is 2. The summed E-state index contributed by atoms with van der Waals surface area (Å²) in [7, 11) is 3.18. The van der Waals surface area contributed by atoms with E-state index in [-0.39, 0.29) is 25.1 Å². The quantitative estimate of drug-likeness (QED) is 0.424. The Morgan fingerprint density at radius 1 is 1.00 bits per heavy atom. The third-order valence-electron chi connectivity index (χ3n) is 7.02. The van der Waals surface area contributed by atoms with Gasteiger partial charge in [-0.3, -0.25) is 14.6 Å². The number of esters is 1. The van der Waals surface area contributed by atoms with Crippen molar-refractivity contribution < 1.29 is 33.3 Å². The van der Waals surface area contributed by atoms with Crippen molar-refractivity contribution in [1.29, 1.82) is 0 Å². The zero-order valence-corrected chi connectivity index (χ0v) is 20.6. The van der Waals surface area contributed by atoms with Gasteiger partial charge in [-0.25, -0.2) is 0 Å². The maximum atomic E-state index is 13.7. The SMILES string of the molecule is COCCOC(=O)C1C(C)=NC2=C(C(=O)C[C@@H](c3ccc(OC)cc3)C2)[C@@H]1c1ccc2c(c1)OCO2. The number of nitrogens with zero attached hydrogens (tertiary/aromatic N) is 1. The molecule has 8 nitrogen and oxygen atoms in total. The van der Waals surface area contributed by atoms with E-state index >= 15 is 0 Å². The van der Waals surface area contributed by atoms with Gasteiger partial charge in [-0.1, -0.05) is 18.2 Å². The zero-order chi connectivity index (χ0) is 25.2. The van der Waals surface area contributed by atoms with Gasteiger partial charge in [-0.05, 0) is 54.7 Å². The van der Waals surface area contributed by atoms with E-state index in [1.807, 2.05) is 49.4 Å². The molecule has 0 spiro atoms. The highest BCUT2D eigenvalue weighted by Crippen LogP contribution is 2.48. The predicted octanol–water partition coefficient (Wildman–Crippen LogP) is 4.19. The average Bonchev–Trinajstić information content (AvgIpc) is 3.36. The first kappa shape index (κ1) is 24.1. The van der Waals surface area contributed by atoms with E-state index in [1.54, 1.807) is 14.2 Å². The zero-order valence-electron chi connectivity index (χ0n) is 20.6. The summed E-state index contributed by atoms with van der Waals surface area (Å²) < 4.78 is 26.9. The van der Waals surface area contributed by atoms with Crippen LogP contribution in [-0.4, -0.2) is 51.7 Å². The highest BCUT2D eigenvalue weighted by atomic mass is 16.7. The lowest BCUT2D eigenvalue weighted by molar-refractivity contribution is -0.147. The number of hydrogen-bond donors (Lipinski definition) is 0. The lowest BCUT2D eigenvalue weighted by Crippen LogP contribution is -2.38. The van der Waals surface area contributed by atoms with E-state index in [1.165, 1.54) is 0 Å². The average molecular weight is 492 g/mol. The number of carbonyl (C=O) groups excluding carboxylic acids is 2. The van der Waals surface area contributed by atoms with E-state index in [4.69, 9.17) is 28.7 Å². The van der Waals surface area contributed by atoms with Gasteiger partial charge in [-0.15, -0.1) is 0 Å². The summed E-state index contributed by atoms with van der Waals surface area (Å²) >= 11 is 0. The van der Waals surface area contributed by atoms with Gasteiger partial charge in [0.2, 0.25) is 6.79 Å². The Morgan fingerprint density at radius 3 is 2.50 bits per heavy atom. The molecular formula is C28H29NO7. The largest absolute Gasteiger partial charge is 0.497 e. The molecule has 1 aliphatic carbocycles. The van der Waals surface area contributed by atoms with Crippen molar-refractivity contribution in [3.05, 3.63) is 64.9 Å². The normalized spacial score (nSPS) is 22.7. The molecule has 5 rings (SSSR count). The van der Waals surface area contributed by atoms with Crippen LogP contribution in [0.25, 0.3) is 0 Å². The molecule has 3 aliphatic rings. The van der Waals surface area contributed by atoms with Crippen LogP contribution < -0.4 is 14.2 Å². The highest BCUT2D eigenvalue weighted by molar-refractivity contribution is 6.09. The molecule has 0 saturated carbocycles. The van der Waals surface area contributed by atoms with E-state index in [9.17, 15) is 9.59 Å². The minimum Gasteiger partial charge on any atom is -0.497 e. The Hall–Kier alpha value is -3.65. The van der Waals surface area contributed by atoms with Crippen LogP contribution >= 0.6 is 0 Å². The van der Waals surface area contributed by atoms with Gasteiger partial charge in [0.15, 0.2) is 17.3 Å². The maximum Gasteiger partial charge on any atom is 0.315 e. The fraction of sp³-hybridized carbons (Fsp3) is 0.393. The number of ketones is 1. The molecule has 0 bridgehead atoms. The fourth-order valence-corrected chi connectivity index (χ4v) is 5.26. The summed E-state index contributed by atoms with van der Waals surface area (Å²) in [6, 6.07) is 13.4. The molecular weight excluding hydrogens is 462 g/mol. The molecule has 0 amide bonds. The van der Waals surface area contributed by atoms with E-state index in [0.29, 0.717) is 42.2 Å². The van der Waals surface area contributed by atoms with Gasteiger partial charge in [0.05, 0.1) is 13.7 Å². The molecule has 0 aromatic heterocycles. The number of Topliss-reactive ketones (excluding diaryl/α,β-unsaturated/α-hetero) is 1. The molecule has 0 fully saturated rings. The second kappa shape index (κ2) is 10.1. The number of aliphatic imine (C=N–C) groups is 1. The van der Waals surface area contributed by atoms with E-state index in [2.05, 4.69) is 0 Å². The van der Waals surface area contributed by atoms with Crippen molar-refractivity contribution in [3.8, 4) is 17.2 Å². The Labute approximate surface area is 209 Å². The van der Waals surface area contributed by atoms with Crippen LogP contribution in [0.3, 0.4) is 0 Å². The molecule has 188 valence electrons. The second-order valence-corrected chi connectivity index (χ2v) is 9.14. The van der Waals surface area contributed by atoms with Gasteiger partial charge in [0.1, 0.15) is 18.3 Å². The van der Waals surface area contributed by atoms with Gasteiger partial charge >= 0.3 is 5.97 Å². The Morgan fingerprint density at radius 2 is 1.75 bits per heavy atom. The molecule has 2 aromatic rings. The molecule has 3 atom stereocenters. The standard InChI is InChI=1S/C28H29NO7/c1-16-25(28(31)34-11-10-32-2)26(18-6-9-23-24(14-18)36-15-35-23)27-21(29-16)12-19(13-22(27)30)17-4-7-20(33-3)8-5-17/h4-9,14,19,25-26H,10-13,15H2,1-3H3/t19-,25?,26+/m0/s1. The molecule has 2 heterocycles. The van der Waals surface area contributed by atoms with Crippen LogP contribution in [0.4, 0.5) is 0 Å². The molecule has 36 heavy (non-hydrogen) atoms. The van der Waals surface area contributed by atoms with Crippen LogP contribution in [0.15, 0.2) is 58.7 Å². The summed E-state index contributed by atoms with van der Waals surface area (Å²) in [5.74, 6) is 0.335. The second-order valence-electron chi connectivity index (χ2n) is 9.14. The Balaban J connectivity index is 1.53. The van der Waals surface area contributed by atoms with Crippen molar-refractivity contribution in [2.45, 2.75) is 31.6 Å². The smallest absolute Gasteiger partial charge is 0.315 e. The van der Waals surface area contributed by atoms with Crippen LogP contribution in [0.1, 0.15) is 42.7 Å². The third-order valence-corrected chi connectivity index (χ3v) is 7.02. The summed E-state index contributed by atoms with van der Waals surface area (Å²) in [5, 5.41) is 0. The van der Waals surface area contributed by atoms with Gasteiger partial charge < -0.3 is 23.7 Å². The number of methoxy groups -OCH3 is 2. The van der Waals surface area contributed by atoms with E-state index < -0.39 is 17.8 Å². The van der Waals surface area contributed by atoms with Crippen LogP contribution in [0.2, 0.25) is 0 Å². The van der Waals surface area contributed by atoms with Gasteiger partial charge in [-0.2, -0.15) is 0 Å². The van der Waals surface area contributed by atoms with Crippen LogP contribution in [0.5, 0.6) is 17.2 Å². The number of rotatable bonds is 7. The lowest BCUT2D eigenvalue weighted by Gasteiger charge is -2.36. The van der Waals surface area contributed by atoms with Gasteiger partial charge in [0, 0.05) is 36.4 Å². The number of hydrogen-bond acceptors (Lipinski definition) is 8. The van der Waals surface area contributed by atoms with Crippen molar-refractivity contribution in [1.82, 2.24) is 0 Å². The first-order valence-corrected chi connectivity index (χ1v) is 12.0. The summed E-state index contributed by atoms with van der Waals surface area (Å²) in [4.78, 5) is 31.8. The number of allylic oxidation sites excluding steroid dienone is 2. The molecule has 0 N–H and O–H groups in total. The van der Waals surface area contributed by atoms with Gasteiger partial charge in [0.25, 0.3) is 0 Å². The van der Waals surface area contributed by atoms with Crippen molar-refractivity contribution in [2.24, 2.45) is 10.9 Å². The molecule has 2 aliphatic heterocycles. The minimum absolute atomic E-state index is 0.00122. The van der Waals surface area contributed by atoms with Crippen molar-refractivity contribution in [3.63, 3.8) is 0 Å². The Kier molecular flexibility index (Phi) is 6.78. The number of benzene rings is 2. The number of fused-ring (bicyclic) bond motifs is 1. The Bertz CT molecular complexity index is 1230. The topological polar surface area (TPSA) is 92.7 Å². The monoisotopic (exact) mass is 491 g/mol. The molecule has 0 saturated heterocycles.